The third-order valence-electron chi connectivity index (χ3n) is 3.22. The molecule has 25 heavy (non-hydrogen) atoms. The summed E-state index contributed by atoms with van der Waals surface area (Å²) >= 11 is 7.29. The fourth-order valence-corrected chi connectivity index (χ4v) is 3.40. The van der Waals surface area contributed by atoms with E-state index < -0.39 is 22.6 Å². The number of thioether (sulfide) groups is 1. The minimum atomic E-state index is -4.08. The van der Waals surface area contributed by atoms with E-state index in [0.29, 0.717) is 5.56 Å². The number of hydrogen-bond acceptors (Lipinski definition) is 6. The van der Waals surface area contributed by atoms with Crippen molar-refractivity contribution in [2.24, 2.45) is 5.14 Å². The average Bonchev–Trinajstić information content (AvgIpc) is 2.58. The van der Waals surface area contributed by atoms with Gasteiger partial charge in [-0.3, -0.25) is 4.79 Å². The van der Waals surface area contributed by atoms with Gasteiger partial charge in [-0.05, 0) is 36.6 Å². The second-order valence-corrected chi connectivity index (χ2v) is 7.73. The van der Waals surface area contributed by atoms with Gasteiger partial charge in [-0.15, -0.1) is 11.8 Å². The van der Waals surface area contributed by atoms with Crippen molar-refractivity contribution in [3.8, 4) is 0 Å². The summed E-state index contributed by atoms with van der Waals surface area (Å²) in [5, 5.41) is 4.92. The van der Waals surface area contributed by atoms with Crippen LogP contribution in [0.5, 0.6) is 0 Å². The number of ether oxygens (including phenoxy) is 1. The summed E-state index contributed by atoms with van der Waals surface area (Å²) in [5.41, 5.74) is 0.339. The van der Waals surface area contributed by atoms with E-state index in [0.717, 1.165) is 11.0 Å². The van der Waals surface area contributed by atoms with Crippen LogP contribution >= 0.6 is 23.4 Å². The fourth-order valence-electron chi connectivity index (χ4n) is 1.92. The summed E-state index contributed by atoms with van der Waals surface area (Å²) in [6, 6.07) is 10.4. The number of nitrogens with two attached hydrogens (primary N) is 1. The van der Waals surface area contributed by atoms with Gasteiger partial charge >= 0.3 is 5.97 Å². The SMILES string of the molecule is CSc1ccc(C(=O)COC(=O)c2ccc(Cl)c(S(N)(=O)=O)c2)cc1. The van der Waals surface area contributed by atoms with Crippen molar-refractivity contribution in [3.05, 3.63) is 58.6 Å². The molecular weight excluding hydrogens is 386 g/mol. The van der Waals surface area contributed by atoms with Crippen LogP contribution in [0.4, 0.5) is 0 Å². The zero-order chi connectivity index (χ0) is 18.6. The highest BCUT2D eigenvalue weighted by Gasteiger charge is 2.18. The van der Waals surface area contributed by atoms with E-state index in [1.165, 1.54) is 12.1 Å². The summed E-state index contributed by atoms with van der Waals surface area (Å²) in [4.78, 5) is 24.7. The van der Waals surface area contributed by atoms with Crippen LogP contribution in [0.25, 0.3) is 0 Å². The molecule has 132 valence electrons. The maximum atomic E-state index is 12.0. The third-order valence-corrected chi connectivity index (χ3v) is 5.36. The first-order valence-corrected chi connectivity index (χ1v) is 10.0. The van der Waals surface area contributed by atoms with Gasteiger partial charge in [0.15, 0.2) is 12.4 Å². The van der Waals surface area contributed by atoms with Gasteiger partial charge in [-0.25, -0.2) is 18.4 Å². The molecule has 0 bridgehead atoms. The monoisotopic (exact) mass is 399 g/mol. The van der Waals surface area contributed by atoms with Crippen molar-refractivity contribution in [1.82, 2.24) is 0 Å². The second-order valence-electron chi connectivity index (χ2n) is 4.92. The predicted octanol–water partition coefficient (Wildman–Crippen LogP) is 2.75. The molecule has 2 aromatic rings. The van der Waals surface area contributed by atoms with E-state index in [1.54, 1.807) is 36.0 Å². The smallest absolute Gasteiger partial charge is 0.338 e. The number of benzene rings is 2. The van der Waals surface area contributed by atoms with Crippen molar-refractivity contribution >= 4 is 45.1 Å². The van der Waals surface area contributed by atoms with Crippen molar-refractivity contribution in [1.29, 1.82) is 0 Å². The Hall–Kier alpha value is -1.87. The van der Waals surface area contributed by atoms with Gasteiger partial charge in [0, 0.05) is 10.5 Å². The van der Waals surface area contributed by atoms with Crippen LogP contribution in [0.15, 0.2) is 52.3 Å². The molecule has 0 spiro atoms. The summed E-state index contributed by atoms with van der Waals surface area (Å²) in [5.74, 6) is -1.22. The Morgan fingerprint density at radius 2 is 1.72 bits per heavy atom. The number of primary sulfonamides is 1. The molecule has 9 heteroatoms. The number of ketones is 1. The highest BCUT2D eigenvalue weighted by molar-refractivity contribution is 7.98. The first-order chi connectivity index (χ1) is 11.7. The zero-order valence-electron chi connectivity index (χ0n) is 13.1. The Balaban J connectivity index is 2.08. The molecule has 6 nitrogen and oxygen atoms in total. The van der Waals surface area contributed by atoms with Gasteiger partial charge in [0.05, 0.1) is 10.6 Å². The fraction of sp³-hybridized carbons (Fsp3) is 0.125. The topological polar surface area (TPSA) is 104 Å². The summed E-state index contributed by atoms with van der Waals surface area (Å²) in [7, 11) is -4.08. The molecule has 0 saturated carbocycles. The molecule has 2 N–H and O–H groups in total. The maximum Gasteiger partial charge on any atom is 0.338 e. The lowest BCUT2D eigenvalue weighted by atomic mass is 10.1. The Bertz CT molecular complexity index is 911. The van der Waals surface area contributed by atoms with Crippen molar-refractivity contribution in [3.63, 3.8) is 0 Å². The van der Waals surface area contributed by atoms with Crippen molar-refractivity contribution in [2.45, 2.75) is 9.79 Å². The molecule has 0 aliphatic rings. The molecule has 0 aliphatic heterocycles. The number of carbonyl (C=O) groups is 2. The Kier molecular flexibility index (Phi) is 6.23. The summed E-state index contributed by atoms with van der Waals surface area (Å²) in [6.45, 7) is -0.467. The standard InChI is InChI=1S/C16H14ClNO5S2/c1-24-12-5-2-10(3-6-12)14(19)9-23-16(20)11-4-7-13(17)15(8-11)25(18,21)22/h2-8H,9H2,1H3,(H2,18,21,22). The van der Waals surface area contributed by atoms with Gasteiger partial charge in [-0.2, -0.15) is 0 Å². The van der Waals surface area contributed by atoms with Crippen molar-refractivity contribution in [2.75, 3.05) is 12.9 Å². The Morgan fingerprint density at radius 3 is 2.28 bits per heavy atom. The highest BCUT2D eigenvalue weighted by Crippen LogP contribution is 2.22. The van der Waals surface area contributed by atoms with Crippen LogP contribution in [0.2, 0.25) is 5.02 Å². The molecule has 0 fully saturated rings. The van der Waals surface area contributed by atoms with E-state index in [2.05, 4.69) is 0 Å². The Labute approximate surface area is 154 Å². The molecular formula is C16H14ClNO5S2. The number of carbonyl (C=O) groups excluding carboxylic acids is 2. The zero-order valence-corrected chi connectivity index (χ0v) is 15.5. The van der Waals surface area contributed by atoms with Crippen LogP contribution in [0.3, 0.4) is 0 Å². The lowest BCUT2D eigenvalue weighted by Gasteiger charge is -2.07. The molecule has 2 rings (SSSR count). The minimum absolute atomic E-state index is 0.0704. The maximum absolute atomic E-state index is 12.0. The van der Waals surface area contributed by atoms with Gasteiger partial charge in [0.25, 0.3) is 0 Å². The third kappa shape index (κ3) is 5.05. The number of halogens is 1. The van der Waals surface area contributed by atoms with Crippen LogP contribution in [0, 0.1) is 0 Å². The molecule has 0 unspecified atom stereocenters. The molecule has 0 heterocycles. The van der Waals surface area contributed by atoms with Crippen LogP contribution in [0.1, 0.15) is 20.7 Å². The largest absolute Gasteiger partial charge is 0.454 e. The number of Topliss-reactive ketones (excluding diaryl/α,β-unsaturated/α-hetero) is 1. The van der Waals surface area contributed by atoms with E-state index in [9.17, 15) is 18.0 Å². The summed E-state index contributed by atoms with van der Waals surface area (Å²) < 4.78 is 27.8. The van der Waals surface area contributed by atoms with E-state index in [-0.39, 0.29) is 21.3 Å². The molecule has 0 saturated heterocycles. The van der Waals surface area contributed by atoms with Crippen LogP contribution < -0.4 is 5.14 Å². The summed E-state index contributed by atoms with van der Waals surface area (Å²) in [6.07, 6.45) is 1.92. The van der Waals surface area contributed by atoms with Gasteiger partial charge in [0.1, 0.15) is 4.90 Å². The van der Waals surface area contributed by atoms with Crippen LogP contribution in [-0.2, 0) is 14.8 Å². The van der Waals surface area contributed by atoms with E-state index in [1.807, 2.05) is 6.26 Å². The molecule has 0 aromatic heterocycles. The molecule has 0 aliphatic carbocycles. The first-order valence-electron chi connectivity index (χ1n) is 6.89. The van der Waals surface area contributed by atoms with Gasteiger partial charge < -0.3 is 4.74 Å². The van der Waals surface area contributed by atoms with E-state index in [4.69, 9.17) is 21.5 Å². The minimum Gasteiger partial charge on any atom is -0.454 e. The number of rotatable bonds is 6. The number of esters is 1. The van der Waals surface area contributed by atoms with Gasteiger partial charge in [-0.1, -0.05) is 23.7 Å². The highest BCUT2D eigenvalue weighted by atomic mass is 35.5. The van der Waals surface area contributed by atoms with E-state index >= 15 is 0 Å². The molecule has 0 radical (unpaired) electrons. The van der Waals surface area contributed by atoms with Crippen LogP contribution in [-0.4, -0.2) is 33.0 Å². The lowest BCUT2D eigenvalue weighted by Crippen LogP contribution is -2.16. The predicted molar refractivity (Wildman–Crippen MR) is 95.7 cm³/mol. The lowest BCUT2D eigenvalue weighted by molar-refractivity contribution is 0.0474. The van der Waals surface area contributed by atoms with Crippen molar-refractivity contribution < 1.29 is 22.7 Å². The second kappa shape index (κ2) is 8.01. The van der Waals surface area contributed by atoms with Gasteiger partial charge in [0.2, 0.25) is 10.0 Å². The average molecular weight is 400 g/mol. The number of sulfonamides is 1. The molecule has 0 atom stereocenters. The quantitative estimate of drug-likeness (QED) is 0.455. The normalized spacial score (nSPS) is 11.2. The Morgan fingerprint density at radius 1 is 1.12 bits per heavy atom. The molecule has 2 aromatic carbocycles. The molecule has 0 amide bonds. The first kappa shape index (κ1) is 19.5. The number of hydrogen-bond donors (Lipinski definition) is 1.